The molecule has 244 valence electrons. The predicted molar refractivity (Wildman–Crippen MR) is 172 cm³/mol. The zero-order valence-electron chi connectivity index (χ0n) is 25.0. The molecule has 3 aromatic carbocycles. The van der Waals surface area contributed by atoms with Gasteiger partial charge in [0.25, 0.3) is 0 Å². The zero-order valence-corrected chi connectivity index (χ0v) is 27.3. The molecule has 1 atom stereocenters. The summed E-state index contributed by atoms with van der Waals surface area (Å²) in [5.74, 6) is -0.847. The van der Waals surface area contributed by atoms with Gasteiger partial charge in [0.15, 0.2) is 0 Å². The topological polar surface area (TPSA) is 86.8 Å². The Morgan fingerprint density at radius 3 is 2.18 bits per heavy atom. The Hall–Kier alpha value is -3.28. The number of nitrogens with zero attached hydrogens (tertiary/aromatic N) is 2. The summed E-state index contributed by atoms with van der Waals surface area (Å²) in [7, 11) is -4.00. The van der Waals surface area contributed by atoms with E-state index in [0.717, 1.165) is 47.2 Å². The minimum atomic E-state index is -4.67. The number of anilines is 1. The third-order valence-corrected chi connectivity index (χ3v) is 9.01. The third kappa shape index (κ3) is 10.6. The SMILES string of the molecule is CCCCNC(=O)[C@H](Cc1ccccc1)N(Cc1c(Cl)cccc1Cl)C(=O)CCCN(c1cccc(C(F)(F)F)c1)S(C)(=O)=O. The lowest BCUT2D eigenvalue weighted by Crippen LogP contribution is -2.50. The van der Waals surface area contributed by atoms with Gasteiger partial charge in [0.05, 0.1) is 17.5 Å². The molecule has 7 nitrogen and oxygen atoms in total. The first kappa shape index (κ1) is 36.2. The highest BCUT2D eigenvalue weighted by atomic mass is 35.5. The lowest BCUT2D eigenvalue weighted by Gasteiger charge is -2.32. The second-order valence-electron chi connectivity index (χ2n) is 10.6. The average molecular weight is 687 g/mol. The maximum absolute atomic E-state index is 13.9. The van der Waals surface area contributed by atoms with Crippen molar-refractivity contribution in [2.45, 2.75) is 57.8 Å². The van der Waals surface area contributed by atoms with E-state index in [1.807, 2.05) is 37.3 Å². The predicted octanol–water partition coefficient (Wildman–Crippen LogP) is 7.11. The Morgan fingerprint density at radius 2 is 1.58 bits per heavy atom. The van der Waals surface area contributed by atoms with Crippen LogP contribution in [0.2, 0.25) is 10.0 Å². The number of carbonyl (C=O) groups is 2. The first-order valence-corrected chi connectivity index (χ1v) is 17.0. The van der Waals surface area contributed by atoms with Gasteiger partial charge < -0.3 is 10.2 Å². The molecule has 2 amide bonds. The summed E-state index contributed by atoms with van der Waals surface area (Å²) in [6.45, 7) is 2.04. The summed E-state index contributed by atoms with van der Waals surface area (Å²) in [4.78, 5) is 28.9. The lowest BCUT2D eigenvalue weighted by molar-refractivity contribution is -0.141. The van der Waals surface area contributed by atoms with Gasteiger partial charge in [0.1, 0.15) is 6.04 Å². The van der Waals surface area contributed by atoms with Crippen LogP contribution in [0.5, 0.6) is 0 Å². The maximum atomic E-state index is 13.9. The van der Waals surface area contributed by atoms with Gasteiger partial charge in [-0.25, -0.2) is 8.42 Å². The van der Waals surface area contributed by atoms with E-state index in [1.165, 1.54) is 11.0 Å². The van der Waals surface area contributed by atoms with Crippen LogP contribution in [0, 0.1) is 0 Å². The van der Waals surface area contributed by atoms with Gasteiger partial charge in [-0.05, 0) is 48.7 Å². The summed E-state index contributed by atoms with van der Waals surface area (Å²) in [5, 5.41) is 3.52. The largest absolute Gasteiger partial charge is 0.416 e. The fourth-order valence-electron chi connectivity index (χ4n) is 4.76. The number of carbonyl (C=O) groups excluding carboxylic acids is 2. The van der Waals surface area contributed by atoms with Crippen molar-refractivity contribution in [3.8, 4) is 0 Å². The minimum Gasteiger partial charge on any atom is -0.354 e. The quantitative estimate of drug-likeness (QED) is 0.173. The monoisotopic (exact) mass is 685 g/mol. The van der Waals surface area contributed by atoms with Crippen molar-refractivity contribution < 1.29 is 31.2 Å². The number of rotatable bonds is 15. The average Bonchev–Trinajstić information content (AvgIpc) is 2.98. The van der Waals surface area contributed by atoms with Crippen molar-refractivity contribution in [3.05, 3.63) is 99.5 Å². The Balaban J connectivity index is 1.93. The molecule has 0 fully saturated rings. The molecule has 0 aromatic heterocycles. The van der Waals surface area contributed by atoms with E-state index >= 15 is 0 Å². The number of unbranched alkanes of at least 4 members (excludes halogenated alkanes) is 1. The van der Waals surface area contributed by atoms with Crippen LogP contribution in [-0.4, -0.2) is 50.5 Å². The number of hydrogen-bond acceptors (Lipinski definition) is 4. The second-order valence-corrected chi connectivity index (χ2v) is 13.3. The number of alkyl halides is 3. The molecule has 1 N–H and O–H groups in total. The minimum absolute atomic E-state index is 0.0373. The van der Waals surface area contributed by atoms with E-state index in [2.05, 4.69) is 5.32 Å². The van der Waals surface area contributed by atoms with Crippen LogP contribution in [0.3, 0.4) is 0 Å². The molecule has 0 aliphatic rings. The summed E-state index contributed by atoms with van der Waals surface area (Å²) in [6.07, 6.45) is -2.25. The fourth-order valence-corrected chi connectivity index (χ4v) is 6.23. The van der Waals surface area contributed by atoms with Crippen molar-refractivity contribution in [3.63, 3.8) is 0 Å². The molecule has 3 aromatic rings. The molecular formula is C32H36Cl2F3N3O4S. The Bertz CT molecular complexity index is 1540. The van der Waals surface area contributed by atoms with Crippen LogP contribution in [0.15, 0.2) is 72.8 Å². The van der Waals surface area contributed by atoms with Crippen molar-refractivity contribution in [1.82, 2.24) is 10.2 Å². The molecule has 0 unspecified atom stereocenters. The molecule has 45 heavy (non-hydrogen) atoms. The molecule has 0 aliphatic heterocycles. The summed E-state index contributed by atoms with van der Waals surface area (Å²) in [6, 6.07) is 17.1. The molecule has 0 heterocycles. The number of amides is 2. The smallest absolute Gasteiger partial charge is 0.354 e. The van der Waals surface area contributed by atoms with Gasteiger partial charge >= 0.3 is 6.18 Å². The van der Waals surface area contributed by atoms with E-state index in [9.17, 15) is 31.2 Å². The molecule has 0 aliphatic carbocycles. The van der Waals surface area contributed by atoms with Crippen LogP contribution in [0.1, 0.15) is 49.3 Å². The van der Waals surface area contributed by atoms with E-state index in [4.69, 9.17) is 23.2 Å². The Morgan fingerprint density at radius 1 is 0.933 bits per heavy atom. The molecule has 0 saturated heterocycles. The van der Waals surface area contributed by atoms with Gasteiger partial charge in [-0.2, -0.15) is 13.2 Å². The molecule has 0 spiro atoms. The fraction of sp³-hybridized carbons (Fsp3) is 0.375. The van der Waals surface area contributed by atoms with Gasteiger partial charge in [0.2, 0.25) is 21.8 Å². The van der Waals surface area contributed by atoms with Crippen molar-refractivity contribution in [2.24, 2.45) is 0 Å². The number of sulfonamides is 1. The Labute approximate surface area is 272 Å². The molecule has 0 radical (unpaired) electrons. The van der Waals surface area contributed by atoms with E-state index in [-0.39, 0.29) is 43.9 Å². The number of nitrogens with one attached hydrogen (secondary N) is 1. The first-order chi connectivity index (χ1) is 21.2. The van der Waals surface area contributed by atoms with Gasteiger partial charge in [-0.15, -0.1) is 0 Å². The second kappa shape index (κ2) is 16.3. The van der Waals surface area contributed by atoms with Crippen molar-refractivity contribution >= 4 is 50.7 Å². The standard InChI is InChI=1S/C32H36Cl2F3N3O4S/c1-3-4-18-38-31(42)29(20-23-11-6-5-7-12-23)39(22-26-27(33)15-9-16-28(26)34)30(41)17-10-19-40(45(2,43)44)25-14-8-13-24(21-25)32(35,36)37/h5-9,11-16,21,29H,3-4,10,17-20,22H2,1-2H3,(H,38,42)/t29-/m0/s1. The summed E-state index contributed by atoms with van der Waals surface area (Å²) >= 11 is 12.9. The van der Waals surface area contributed by atoms with Gasteiger partial charge in [0, 0.05) is 48.1 Å². The zero-order chi connectivity index (χ0) is 33.2. The molecule has 13 heteroatoms. The first-order valence-electron chi connectivity index (χ1n) is 14.4. The molecule has 0 saturated carbocycles. The van der Waals surface area contributed by atoms with E-state index < -0.39 is 33.7 Å². The van der Waals surface area contributed by atoms with Crippen molar-refractivity contribution in [2.75, 3.05) is 23.7 Å². The van der Waals surface area contributed by atoms with Crippen LogP contribution in [0.25, 0.3) is 0 Å². The number of benzene rings is 3. The van der Waals surface area contributed by atoms with Crippen LogP contribution in [0.4, 0.5) is 18.9 Å². The van der Waals surface area contributed by atoms with Crippen molar-refractivity contribution in [1.29, 1.82) is 0 Å². The number of hydrogen-bond donors (Lipinski definition) is 1. The van der Waals surface area contributed by atoms with Gasteiger partial charge in [-0.1, -0.05) is 79.0 Å². The molecule has 3 rings (SSSR count). The molecule has 0 bridgehead atoms. The van der Waals surface area contributed by atoms with Crippen LogP contribution < -0.4 is 9.62 Å². The molecular weight excluding hydrogens is 650 g/mol. The Kier molecular flexibility index (Phi) is 13.1. The summed E-state index contributed by atoms with van der Waals surface area (Å²) < 4.78 is 66.1. The summed E-state index contributed by atoms with van der Waals surface area (Å²) in [5.41, 5.74) is 0.0846. The van der Waals surface area contributed by atoms with E-state index in [0.29, 0.717) is 22.2 Å². The normalized spacial score (nSPS) is 12.4. The third-order valence-electron chi connectivity index (χ3n) is 7.10. The highest BCUT2D eigenvalue weighted by Crippen LogP contribution is 2.32. The highest BCUT2D eigenvalue weighted by molar-refractivity contribution is 7.92. The lowest BCUT2D eigenvalue weighted by atomic mass is 10.0. The highest BCUT2D eigenvalue weighted by Gasteiger charge is 2.33. The van der Waals surface area contributed by atoms with E-state index in [1.54, 1.807) is 18.2 Å². The van der Waals surface area contributed by atoms with Crippen LogP contribution >= 0.6 is 23.2 Å². The number of halogens is 5. The van der Waals surface area contributed by atoms with Crippen LogP contribution in [-0.2, 0) is 38.8 Å². The maximum Gasteiger partial charge on any atom is 0.416 e. The van der Waals surface area contributed by atoms with Gasteiger partial charge in [-0.3, -0.25) is 13.9 Å².